The molecule has 1 heterocycles. The van der Waals surface area contributed by atoms with Crippen LogP contribution in [-0.2, 0) is 12.8 Å². The average molecular weight is 272 g/mol. The Kier molecular flexibility index (Phi) is 3.67. The van der Waals surface area contributed by atoms with Gasteiger partial charge >= 0.3 is 0 Å². The summed E-state index contributed by atoms with van der Waals surface area (Å²) in [5, 5.41) is 6.90. The molecule has 1 aromatic carbocycles. The van der Waals surface area contributed by atoms with Crippen molar-refractivity contribution in [1.82, 2.24) is 10.3 Å². The molecule has 1 N–H and O–H groups in total. The number of aryl methyl sites for hydroxylation is 2. The molecule has 1 aromatic heterocycles. The van der Waals surface area contributed by atoms with E-state index < -0.39 is 0 Å². The molecule has 0 bridgehead atoms. The predicted octanol–water partition coefficient (Wildman–Crippen LogP) is 3.31. The summed E-state index contributed by atoms with van der Waals surface area (Å²) < 4.78 is 0. The topological polar surface area (TPSA) is 24.9 Å². The Balaban J connectivity index is 1.80. The number of hydrogen-bond acceptors (Lipinski definition) is 3. The van der Waals surface area contributed by atoms with Gasteiger partial charge in [0.1, 0.15) is 0 Å². The molecule has 1 aliphatic carbocycles. The molecule has 2 nitrogen and oxygen atoms in total. The lowest BCUT2D eigenvalue weighted by Gasteiger charge is -2.23. The van der Waals surface area contributed by atoms with Gasteiger partial charge in [0.25, 0.3) is 0 Å². The van der Waals surface area contributed by atoms with Crippen LogP contribution in [0, 0.1) is 6.92 Å². The van der Waals surface area contributed by atoms with E-state index in [0.717, 1.165) is 12.1 Å². The molecule has 2 atom stereocenters. The molecule has 0 saturated heterocycles. The number of aromatic nitrogens is 1. The van der Waals surface area contributed by atoms with E-state index in [4.69, 9.17) is 0 Å². The highest BCUT2D eigenvalue weighted by molar-refractivity contribution is 7.09. The first-order valence-electron chi connectivity index (χ1n) is 6.94. The largest absolute Gasteiger partial charge is 0.316 e. The van der Waals surface area contributed by atoms with Crippen molar-refractivity contribution >= 4 is 11.3 Å². The van der Waals surface area contributed by atoms with Gasteiger partial charge in [0, 0.05) is 29.5 Å². The standard InChI is InChI=1S/C16H20N2S/c1-11-10-19-16(18-11)9-15(17-2)14-8-7-12-5-3-4-6-13(12)14/h3-6,10,14-15,17H,7-9H2,1-2H3. The van der Waals surface area contributed by atoms with Crippen LogP contribution in [0.4, 0.5) is 0 Å². The van der Waals surface area contributed by atoms with Crippen molar-refractivity contribution in [2.24, 2.45) is 0 Å². The van der Waals surface area contributed by atoms with Gasteiger partial charge in [-0.05, 0) is 37.9 Å². The lowest BCUT2D eigenvalue weighted by atomic mass is 9.91. The molecule has 3 heteroatoms. The van der Waals surface area contributed by atoms with E-state index in [1.54, 1.807) is 11.3 Å². The summed E-state index contributed by atoms with van der Waals surface area (Å²) in [4.78, 5) is 4.60. The Morgan fingerprint density at radius 1 is 1.42 bits per heavy atom. The quantitative estimate of drug-likeness (QED) is 0.923. The van der Waals surface area contributed by atoms with Gasteiger partial charge in [0.05, 0.1) is 5.01 Å². The van der Waals surface area contributed by atoms with Gasteiger partial charge < -0.3 is 5.32 Å². The molecule has 2 unspecified atom stereocenters. The molecule has 0 fully saturated rings. The number of fused-ring (bicyclic) bond motifs is 1. The molecule has 0 amide bonds. The van der Waals surface area contributed by atoms with Gasteiger partial charge in [-0.2, -0.15) is 0 Å². The van der Waals surface area contributed by atoms with E-state index >= 15 is 0 Å². The molecule has 0 radical (unpaired) electrons. The van der Waals surface area contributed by atoms with Crippen LogP contribution in [0.25, 0.3) is 0 Å². The highest BCUT2D eigenvalue weighted by atomic mass is 32.1. The molecular formula is C16H20N2S. The number of thiazole rings is 1. The van der Waals surface area contributed by atoms with Gasteiger partial charge in [0.2, 0.25) is 0 Å². The van der Waals surface area contributed by atoms with Crippen molar-refractivity contribution in [3.05, 3.63) is 51.5 Å². The van der Waals surface area contributed by atoms with E-state index in [2.05, 4.69) is 53.9 Å². The summed E-state index contributed by atoms with van der Waals surface area (Å²) in [6.45, 7) is 2.07. The third-order valence-electron chi connectivity index (χ3n) is 4.10. The van der Waals surface area contributed by atoms with Gasteiger partial charge in [-0.3, -0.25) is 0 Å². The van der Waals surface area contributed by atoms with Crippen molar-refractivity contribution in [3.8, 4) is 0 Å². The van der Waals surface area contributed by atoms with Gasteiger partial charge in [-0.25, -0.2) is 4.98 Å². The van der Waals surface area contributed by atoms with Crippen LogP contribution >= 0.6 is 11.3 Å². The molecule has 100 valence electrons. The average Bonchev–Trinajstić information content (AvgIpc) is 3.02. The SMILES string of the molecule is CNC(Cc1nc(C)cs1)C1CCc2ccccc21. The van der Waals surface area contributed by atoms with Crippen LogP contribution in [-0.4, -0.2) is 18.1 Å². The number of likely N-dealkylation sites (N-methyl/N-ethyl adjacent to an activating group) is 1. The third kappa shape index (κ3) is 2.58. The second-order valence-electron chi connectivity index (χ2n) is 5.33. The van der Waals surface area contributed by atoms with E-state index in [1.165, 1.54) is 29.0 Å². The van der Waals surface area contributed by atoms with Crippen molar-refractivity contribution in [2.75, 3.05) is 7.05 Å². The van der Waals surface area contributed by atoms with Gasteiger partial charge in [-0.15, -0.1) is 11.3 Å². The minimum Gasteiger partial charge on any atom is -0.316 e. The molecule has 0 aliphatic heterocycles. The number of rotatable bonds is 4. The minimum atomic E-state index is 0.495. The molecule has 2 aromatic rings. The zero-order valence-corrected chi connectivity index (χ0v) is 12.3. The smallest absolute Gasteiger partial charge is 0.0943 e. The highest BCUT2D eigenvalue weighted by Crippen LogP contribution is 2.36. The van der Waals surface area contributed by atoms with Gasteiger partial charge in [-0.1, -0.05) is 24.3 Å². The Labute approximate surface area is 118 Å². The summed E-state index contributed by atoms with van der Waals surface area (Å²) in [6, 6.07) is 9.38. The van der Waals surface area contributed by atoms with E-state index in [9.17, 15) is 0 Å². The van der Waals surface area contributed by atoms with Crippen molar-refractivity contribution in [3.63, 3.8) is 0 Å². The fraction of sp³-hybridized carbons (Fsp3) is 0.438. The first-order chi connectivity index (χ1) is 9.28. The lowest BCUT2D eigenvalue weighted by molar-refractivity contribution is 0.455. The van der Waals surface area contributed by atoms with E-state index in [-0.39, 0.29) is 0 Å². The maximum Gasteiger partial charge on any atom is 0.0943 e. The first-order valence-corrected chi connectivity index (χ1v) is 7.82. The van der Waals surface area contributed by atoms with Crippen LogP contribution in [0.5, 0.6) is 0 Å². The van der Waals surface area contributed by atoms with Crippen molar-refractivity contribution in [1.29, 1.82) is 0 Å². The van der Waals surface area contributed by atoms with Crippen LogP contribution in [0.15, 0.2) is 29.6 Å². The molecule has 19 heavy (non-hydrogen) atoms. The van der Waals surface area contributed by atoms with Crippen LogP contribution < -0.4 is 5.32 Å². The fourth-order valence-electron chi connectivity index (χ4n) is 3.14. The predicted molar refractivity (Wildman–Crippen MR) is 80.9 cm³/mol. The van der Waals surface area contributed by atoms with Crippen molar-refractivity contribution < 1.29 is 0 Å². The minimum absolute atomic E-state index is 0.495. The van der Waals surface area contributed by atoms with Crippen molar-refractivity contribution in [2.45, 2.75) is 38.1 Å². The van der Waals surface area contributed by atoms with Crippen LogP contribution in [0.2, 0.25) is 0 Å². The zero-order chi connectivity index (χ0) is 13.2. The Bertz CT molecular complexity index is 561. The number of benzene rings is 1. The first kappa shape index (κ1) is 12.8. The lowest BCUT2D eigenvalue weighted by Crippen LogP contribution is -2.33. The van der Waals surface area contributed by atoms with Gasteiger partial charge in [0.15, 0.2) is 0 Å². The summed E-state index contributed by atoms with van der Waals surface area (Å²) in [5.74, 6) is 0.630. The van der Waals surface area contributed by atoms with E-state index in [0.29, 0.717) is 12.0 Å². The van der Waals surface area contributed by atoms with Crippen LogP contribution in [0.1, 0.15) is 34.2 Å². The fourth-order valence-corrected chi connectivity index (χ4v) is 3.97. The Morgan fingerprint density at radius 3 is 3.00 bits per heavy atom. The zero-order valence-electron chi connectivity index (χ0n) is 11.5. The Morgan fingerprint density at radius 2 is 2.26 bits per heavy atom. The number of hydrogen-bond donors (Lipinski definition) is 1. The van der Waals surface area contributed by atoms with Crippen LogP contribution in [0.3, 0.4) is 0 Å². The molecule has 0 spiro atoms. The maximum atomic E-state index is 4.60. The maximum absolute atomic E-state index is 4.60. The summed E-state index contributed by atoms with van der Waals surface area (Å²) in [7, 11) is 2.08. The van der Waals surface area contributed by atoms with E-state index in [1.807, 2.05) is 0 Å². The number of nitrogens with zero attached hydrogens (tertiary/aromatic N) is 1. The molecule has 0 saturated carbocycles. The monoisotopic (exact) mass is 272 g/mol. The number of nitrogens with one attached hydrogen (secondary N) is 1. The summed E-state index contributed by atoms with van der Waals surface area (Å²) >= 11 is 1.78. The second-order valence-corrected chi connectivity index (χ2v) is 6.27. The molecule has 1 aliphatic rings. The second kappa shape index (κ2) is 5.43. The molecular weight excluding hydrogens is 252 g/mol. The highest BCUT2D eigenvalue weighted by Gasteiger charge is 2.29. The molecule has 3 rings (SSSR count). The Hall–Kier alpha value is -1.19. The summed E-state index contributed by atoms with van der Waals surface area (Å²) in [5.41, 5.74) is 4.21. The third-order valence-corrected chi connectivity index (χ3v) is 5.09. The normalized spacial score (nSPS) is 19.4. The summed E-state index contributed by atoms with van der Waals surface area (Å²) in [6.07, 6.45) is 3.51.